The lowest BCUT2D eigenvalue weighted by Gasteiger charge is -2.09. The Hall–Kier alpha value is -3.41. The van der Waals surface area contributed by atoms with Crippen molar-refractivity contribution in [2.45, 2.75) is 6.92 Å². The quantitative estimate of drug-likeness (QED) is 0.685. The van der Waals surface area contributed by atoms with Crippen molar-refractivity contribution in [3.05, 3.63) is 72.1 Å². The van der Waals surface area contributed by atoms with Gasteiger partial charge < -0.3 is 15.4 Å². The lowest BCUT2D eigenvalue weighted by molar-refractivity contribution is 0.0601. The van der Waals surface area contributed by atoms with Gasteiger partial charge in [-0.15, -0.1) is 0 Å². The Morgan fingerprint density at radius 3 is 2.24 bits per heavy atom. The van der Waals surface area contributed by atoms with Gasteiger partial charge in [0.05, 0.1) is 12.7 Å². The topological polar surface area (TPSA) is 76.1 Å². The lowest BCUT2D eigenvalue weighted by atomic mass is 10.2. The molecule has 0 fully saturated rings. The molecule has 1 heterocycles. The normalized spacial score (nSPS) is 10.2. The third kappa shape index (κ3) is 4.32. The van der Waals surface area contributed by atoms with Crippen molar-refractivity contribution in [3.63, 3.8) is 0 Å². The van der Waals surface area contributed by atoms with Crippen molar-refractivity contribution in [2.75, 3.05) is 17.7 Å². The number of methoxy groups -OCH3 is 1. The molecule has 6 heteroatoms. The van der Waals surface area contributed by atoms with Gasteiger partial charge in [-0.05, 0) is 48.9 Å². The molecule has 1 aromatic heterocycles. The Labute approximate surface area is 145 Å². The van der Waals surface area contributed by atoms with E-state index in [0.29, 0.717) is 17.2 Å². The van der Waals surface area contributed by atoms with Crippen LogP contribution in [0.15, 0.2) is 60.9 Å². The summed E-state index contributed by atoms with van der Waals surface area (Å²) >= 11 is 0. The van der Waals surface area contributed by atoms with Crippen molar-refractivity contribution in [1.29, 1.82) is 0 Å². The van der Waals surface area contributed by atoms with Crippen LogP contribution in [-0.2, 0) is 4.74 Å². The minimum atomic E-state index is -0.363. The van der Waals surface area contributed by atoms with Crippen LogP contribution in [0.4, 0.5) is 23.0 Å². The third-order valence-electron chi connectivity index (χ3n) is 3.54. The highest BCUT2D eigenvalue weighted by Gasteiger charge is 2.05. The van der Waals surface area contributed by atoms with Crippen molar-refractivity contribution in [1.82, 2.24) is 9.97 Å². The number of hydrogen-bond acceptors (Lipinski definition) is 6. The van der Waals surface area contributed by atoms with Crippen molar-refractivity contribution in [2.24, 2.45) is 0 Å². The van der Waals surface area contributed by atoms with E-state index in [-0.39, 0.29) is 5.97 Å². The number of hydrogen-bond donors (Lipinski definition) is 2. The molecule has 0 saturated carbocycles. The molecular formula is C19H18N4O2. The van der Waals surface area contributed by atoms with E-state index in [1.54, 1.807) is 24.3 Å². The van der Waals surface area contributed by atoms with E-state index in [9.17, 15) is 4.79 Å². The molecule has 0 amide bonds. The Bertz CT molecular complexity index is 879. The van der Waals surface area contributed by atoms with E-state index in [0.717, 1.165) is 11.4 Å². The average molecular weight is 334 g/mol. The van der Waals surface area contributed by atoms with Gasteiger partial charge in [-0.2, -0.15) is 0 Å². The molecular weight excluding hydrogens is 316 g/mol. The zero-order chi connectivity index (χ0) is 17.6. The van der Waals surface area contributed by atoms with E-state index < -0.39 is 0 Å². The van der Waals surface area contributed by atoms with Crippen molar-refractivity contribution < 1.29 is 9.53 Å². The molecule has 0 aliphatic heterocycles. The summed E-state index contributed by atoms with van der Waals surface area (Å²) in [6.07, 6.45) is 1.49. The first kappa shape index (κ1) is 16.4. The predicted octanol–water partition coefficient (Wildman–Crippen LogP) is 4.06. The smallest absolute Gasteiger partial charge is 0.337 e. The van der Waals surface area contributed by atoms with E-state index in [4.69, 9.17) is 0 Å². The van der Waals surface area contributed by atoms with Gasteiger partial charge in [-0.3, -0.25) is 0 Å². The zero-order valence-corrected chi connectivity index (χ0v) is 14.0. The molecule has 3 aromatic rings. The largest absolute Gasteiger partial charge is 0.465 e. The van der Waals surface area contributed by atoms with Gasteiger partial charge >= 0.3 is 5.97 Å². The first-order valence-corrected chi connectivity index (χ1v) is 7.75. The third-order valence-corrected chi connectivity index (χ3v) is 3.54. The monoisotopic (exact) mass is 334 g/mol. The summed E-state index contributed by atoms with van der Waals surface area (Å²) in [5.41, 5.74) is 3.44. The number of aromatic nitrogens is 2. The second-order valence-corrected chi connectivity index (χ2v) is 5.48. The minimum Gasteiger partial charge on any atom is -0.465 e. The molecule has 0 aliphatic carbocycles. The number of nitrogens with one attached hydrogen (secondary N) is 2. The number of nitrogens with zero attached hydrogens (tertiary/aromatic N) is 2. The predicted molar refractivity (Wildman–Crippen MR) is 97.6 cm³/mol. The highest BCUT2D eigenvalue weighted by molar-refractivity contribution is 5.89. The molecule has 2 aromatic carbocycles. The summed E-state index contributed by atoms with van der Waals surface area (Å²) in [5.74, 6) is 0.975. The number of rotatable bonds is 5. The maximum Gasteiger partial charge on any atom is 0.337 e. The molecule has 25 heavy (non-hydrogen) atoms. The van der Waals surface area contributed by atoms with Gasteiger partial charge in [0, 0.05) is 17.4 Å². The number of carbonyl (C=O) groups excluding carboxylic acids is 1. The Morgan fingerprint density at radius 2 is 1.60 bits per heavy atom. The molecule has 0 atom stereocenters. The van der Waals surface area contributed by atoms with Crippen LogP contribution in [0.2, 0.25) is 0 Å². The first-order chi connectivity index (χ1) is 12.1. The molecule has 0 unspecified atom stereocenters. The minimum absolute atomic E-state index is 0.363. The zero-order valence-electron chi connectivity index (χ0n) is 14.0. The first-order valence-electron chi connectivity index (χ1n) is 7.75. The molecule has 6 nitrogen and oxygen atoms in total. The molecule has 0 radical (unpaired) electrons. The Morgan fingerprint density at radius 1 is 0.920 bits per heavy atom. The van der Waals surface area contributed by atoms with E-state index in [1.165, 1.54) is 19.0 Å². The number of carbonyl (C=O) groups is 1. The fourth-order valence-corrected chi connectivity index (χ4v) is 2.32. The molecule has 0 bridgehead atoms. The summed E-state index contributed by atoms with van der Waals surface area (Å²) < 4.78 is 4.69. The highest BCUT2D eigenvalue weighted by Crippen LogP contribution is 2.20. The summed E-state index contributed by atoms with van der Waals surface area (Å²) in [4.78, 5) is 19.9. The summed E-state index contributed by atoms with van der Waals surface area (Å²) in [7, 11) is 1.36. The van der Waals surface area contributed by atoms with Crippen LogP contribution in [-0.4, -0.2) is 23.0 Å². The number of aryl methyl sites for hydroxylation is 1. The van der Waals surface area contributed by atoms with E-state index in [2.05, 4.69) is 25.3 Å². The average Bonchev–Trinajstić information content (AvgIpc) is 2.62. The van der Waals surface area contributed by atoms with Gasteiger partial charge in [0.2, 0.25) is 0 Å². The Kier molecular flexibility index (Phi) is 4.89. The molecule has 2 N–H and O–H groups in total. The van der Waals surface area contributed by atoms with Crippen LogP contribution in [0.5, 0.6) is 0 Å². The van der Waals surface area contributed by atoms with Gasteiger partial charge in [-0.25, -0.2) is 14.8 Å². The molecule has 126 valence electrons. The van der Waals surface area contributed by atoms with Crippen LogP contribution in [0, 0.1) is 6.92 Å². The van der Waals surface area contributed by atoms with Gasteiger partial charge in [0.25, 0.3) is 0 Å². The van der Waals surface area contributed by atoms with Gasteiger partial charge in [0.15, 0.2) is 0 Å². The van der Waals surface area contributed by atoms with Gasteiger partial charge in [0.1, 0.15) is 18.0 Å². The van der Waals surface area contributed by atoms with Crippen molar-refractivity contribution in [3.8, 4) is 0 Å². The molecule has 0 saturated heterocycles. The Balaban J connectivity index is 1.72. The van der Waals surface area contributed by atoms with E-state index >= 15 is 0 Å². The maximum absolute atomic E-state index is 11.5. The number of esters is 1. The van der Waals surface area contributed by atoms with Crippen LogP contribution in [0.1, 0.15) is 15.9 Å². The molecule has 3 rings (SSSR count). The SMILES string of the molecule is COC(=O)c1ccc(Nc2cc(Nc3cccc(C)c3)ncn2)cc1. The van der Waals surface area contributed by atoms with Crippen molar-refractivity contribution >= 4 is 29.0 Å². The molecule has 0 aliphatic rings. The second-order valence-electron chi connectivity index (χ2n) is 5.48. The van der Waals surface area contributed by atoms with Crippen LogP contribution in [0.3, 0.4) is 0 Å². The standard InChI is InChI=1S/C19H18N4O2/c1-13-4-3-5-16(10-13)23-18-11-17(20-12-21-18)22-15-8-6-14(7-9-15)19(24)25-2/h3-12H,1-2H3,(H2,20,21,22,23). The maximum atomic E-state index is 11.5. The summed E-state index contributed by atoms with van der Waals surface area (Å²) in [5, 5.41) is 6.43. The number of anilines is 4. The highest BCUT2D eigenvalue weighted by atomic mass is 16.5. The molecule has 0 spiro atoms. The summed E-state index contributed by atoms with van der Waals surface area (Å²) in [6.45, 7) is 2.04. The van der Waals surface area contributed by atoms with Crippen LogP contribution < -0.4 is 10.6 Å². The lowest BCUT2D eigenvalue weighted by Crippen LogP contribution is -2.01. The summed E-state index contributed by atoms with van der Waals surface area (Å²) in [6, 6.07) is 16.8. The fourth-order valence-electron chi connectivity index (χ4n) is 2.32. The fraction of sp³-hybridized carbons (Fsp3) is 0.105. The second kappa shape index (κ2) is 7.44. The van der Waals surface area contributed by atoms with E-state index in [1.807, 2.05) is 37.3 Å². The van der Waals surface area contributed by atoms with Crippen LogP contribution in [0.25, 0.3) is 0 Å². The number of ether oxygens (including phenoxy) is 1. The number of benzene rings is 2. The van der Waals surface area contributed by atoms with Gasteiger partial charge in [-0.1, -0.05) is 12.1 Å². The van der Waals surface area contributed by atoms with Crippen LogP contribution >= 0.6 is 0 Å².